The van der Waals surface area contributed by atoms with E-state index in [4.69, 9.17) is 4.74 Å². The van der Waals surface area contributed by atoms with Gasteiger partial charge in [-0.1, -0.05) is 0 Å². The molecule has 4 rings (SSSR count). The van der Waals surface area contributed by atoms with Gasteiger partial charge in [-0.2, -0.15) is 5.10 Å². The third-order valence-corrected chi connectivity index (χ3v) is 4.59. The van der Waals surface area contributed by atoms with E-state index < -0.39 is 5.82 Å². The van der Waals surface area contributed by atoms with Crippen LogP contribution < -0.4 is 10.3 Å². The van der Waals surface area contributed by atoms with Crippen molar-refractivity contribution in [2.24, 2.45) is 0 Å². The summed E-state index contributed by atoms with van der Waals surface area (Å²) in [6, 6.07) is 9.25. The third kappa shape index (κ3) is 3.24. The fraction of sp³-hybridized carbons (Fsp3) is 0.200. The van der Waals surface area contributed by atoms with Gasteiger partial charge in [-0.25, -0.2) is 8.91 Å². The minimum Gasteiger partial charge on any atom is -0.495 e. The first-order valence-corrected chi connectivity index (χ1v) is 8.73. The molecule has 0 radical (unpaired) electrons. The normalized spacial score (nSPS) is 11.2. The van der Waals surface area contributed by atoms with Gasteiger partial charge in [0.25, 0.3) is 5.56 Å². The topological polar surface area (TPSA) is 78.5 Å². The molecule has 0 saturated heterocycles. The molecule has 0 fully saturated rings. The molecule has 3 heterocycles. The van der Waals surface area contributed by atoms with Gasteiger partial charge in [0.2, 0.25) is 0 Å². The average Bonchev–Trinajstić information content (AvgIpc) is 3.18. The van der Waals surface area contributed by atoms with Gasteiger partial charge in [-0.05, 0) is 36.4 Å². The Kier molecular flexibility index (Phi) is 4.60. The number of hydrogen-bond acceptors (Lipinski definition) is 5. The molecule has 142 valence electrons. The Morgan fingerprint density at radius 2 is 2.00 bits per heavy atom. The first-order valence-electron chi connectivity index (χ1n) is 8.73. The lowest BCUT2D eigenvalue weighted by molar-refractivity contribution is -0.118. The zero-order chi connectivity index (χ0) is 19.7. The van der Waals surface area contributed by atoms with Crippen LogP contribution in [-0.4, -0.2) is 32.1 Å². The zero-order valence-corrected chi connectivity index (χ0v) is 15.1. The highest BCUT2D eigenvalue weighted by atomic mass is 19.1. The van der Waals surface area contributed by atoms with Crippen molar-refractivity contribution in [3.8, 4) is 5.75 Å². The number of carbonyl (C=O) groups is 1. The number of aryl methyl sites for hydroxylation is 1. The summed E-state index contributed by atoms with van der Waals surface area (Å²) in [6.07, 6.45) is 3.35. The number of methoxy groups -OCH3 is 1. The number of rotatable bonds is 6. The number of nitrogens with zero attached hydrogens (tertiary/aromatic N) is 4. The van der Waals surface area contributed by atoms with Gasteiger partial charge in [0, 0.05) is 25.1 Å². The molecule has 3 aromatic heterocycles. The van der Waals surface area contributed by atoms with Gasteiger partial charge in [0.1, 0.15) is 22.9 Å². The molecule has 4 aromatic rings. The number of ketones is 1. The number of benzene rings is 1. The molecule has 0 bridgehead atoms. The molecule has 8 heteroatoms. The molecule has 7 nitrogen and oxygen atoms in total. The molecule has 0 spiro atoms. The van der Waals surface area contributed by atoms with E-state index in [9.17, 15) is 14.0 Å². The fourth-order valence-electron chi connectivity index (χ4n) is 3.18. The van der Waals surface area contributed by atoms with Crippen LogP contribution in [0, 0.1) is 5.82 Å². The van der Waals surface area contributed by atoms with E-state index in [0.717, 1.165) is 0 Å². The molecule has 0 aliphatic rings. The first kappa shape index (κ1) is 17.8. The second-order valence-corrected chi connectivity index (χ2v) is 6.37. The van der Waals surface area contributed by atoms with Crippen LogP contribution in [-0.2, 0) is 17.8 Å². The van der Waals surface area contributed by atoms with Gasteiger partial charge in [0.05, 0.1) is 30.5 Å². The highest BCUT2D eigenvalue weighted by molar-refractivity contribution is 5.81. The predicted molar refractivity (Wildman–Crippen MR) is 101 cm³/mol. The van der Waals surface area contributed by atoms with Gasteiger partial charge in [-0.15, -0.1) is 0 Å². The van der Waals surface area contributed by atoms with Crippen molar-refractivity contribution in [1.82, 2.24) is 19.2 Å². The third-order valence-electron chi connectivity index (χ3n) is 4.59. The van der Waals surface area contributed by atoms with Crippen LogP contribution in [0.5, 0.6) is 5.75 Å². The number of halogens is 1. The van der Waals surface area contributed by atoms with Crippen molar-refractivity contribution in [3.63, 3.8) is 0 Å². The number of pyridine rings is 1. The Labute approximate surface area is 159 Å². The second-order valence-electron chi connectivity index (χ2n) is 6.37. The van der Waals surface area contributed by atoms with E-state index in [2.05, 4.69) is 10.1 Å². The van der Waals surface area contributed by atoms with Crippen LogP contribution in [0.15, 0.2) is 53.6 Å². The molecule has 0 aliphatic carbocycles. The SMILES string of the molecule is COc1ccc(CC(=O)CCn2c(=O)c3ccnn3c3ccc(F)cc32)nc1. The summed E-state index contributed by atoms with van der Waals surface area (Å²) in [6.45, 7) is 0.148. The number of carbonyl (C=O) groups excluding carboxylic acids is 1. The summed E-state index contributed by atoms with van der Waals surface area (Å²) in [5.41, 5.74) is 1.69. The summed E-state index contributed by atoms with van der Waals surface area (Å²) < 4.78 is 21.7. The molecule has 0 saturated carbocycles. The van der Waals surface area contributed by atoms with E-state index in [1.165, 1.54) is 27.4 Å². The standard InChI is InChI=1S/C20H17FN4O3/c1-28-16-4-3-14(22-12-16)11-15(26)7-9-24-19-10-13(21)2-5-17(19)25-18(20(24)27)6-8-23-25/h2-6,8,10,12H,7,9,11H2,1H3. The van der Waals surface area contributed by atoms with Crippen LogP contribution in [0.4, 0.5) is 4.39 Å². The van der Waals surface area contributed by atoms with E-state index >= 15 is 0 Å². The van der Waals surface area contributed by atoms with Crippen LogP contribution in [0.25, 0.3) is 16.6 Å². The Hall–Kier alpha value is -3.55. The van der Waals surface area contributed by atoms with E-state index in [1.807, 2.05) is 0 Å². The maximum Gasteiger partial charge on any atom is 0.277 e. The molecule has 1 aromatic carbocycles. The lowest BCUT2D eigenvalue weighted by Crippen LogP contribution is -2.24. The number of aromatic nitrogens is 4. The summed E-state index contributed by atoms with van der Waals surface area (Å²) >= 11 is 0. The largest absolute Gasteiger partial charge is 0.495 e. The lowest BCUT2D eigenvalue weighted by Gasteiger charge is -2.12. The van der Waals surface area contributed by atoms with Crippen molar-refractivity contribution in [1.29, 1.82) is 0 Å². The van der Waals surface area contributed by atoms with Crippen molar-refractivity contribution in [3.05, 3.63) is 70.7 Å². The number of hydrogen-bond donors (Lipinski definition) is 0. The van der Waals surface area contributed by atoms with Crippen molar-refractivity contribution in [2.45, 2.75) is 19.4 Å². The molecule has 0 amide bonds. The van der Waals surface area contributed by atoms with Crippen LogP contribution in [0.3, 0.4) is 0 Å². The summed E-state index contributed by atoms with van der Waals surface area (Å²) in [7, 11) is 1.55. The van der Waals surface area contributed by atoms with Crippen molar-refractivity contribution >= 4 is 22.3 Å². The number of ether oxygens (including phenoxy) is 1. The Morgan fingerprint density at radius 1 is 1.14 bits per heavy atom. The van der Waals surface area contributed by atoms with Crippen LogP contribution in [0.2, 0.25) is 0 Å². The second kappa shape index (κ2) is 7.22. The molecule has 0 atom stereocenters. The minimum atomic E-state index is -0.457. The van der Waals surface area contributed by atoms with Crippen molar-refractivity contribution < 1.29 is 13.9 Å². The van der Waals surface area contributed by atoms with Gasteiger partial charge in [-0.3, -0.25) is 14.6 Å². The first-order chi connectivity index (χ1) is 13.6. The summed E-state index contributed by atoms with van der Waals surface area (Å²) in [4.78, 5) is 29.4. The van der Waals surface area contributed by atoms with Crippen LogP contribution in [0.1, 0.15) is 12.1 Å². The predicted octanol–water partition coefficient (Wildman–Crippen LogP) is 2.39. The molecule has 0 N–H and O–H groups in total. The molecule has 28 heavy (non-hydrogen) atoms. The lowest BCUT2D eigenvalue weighted by atomic mass is 10.1. The van der Waals surface area contributed by atoms with E-state index in [1.54, 1.807) is 37.6 Å². The molecule has 0 unspecified atom stereocenters. The maximum absolute atomic E-state index is 13.8. The zero-order valence-electron chi connectivity index (χ0n) is 15.1. The Balaban J connectivity index is 1.61. The van der Waals surface area contributed by atoms with Gasteiger partial charge >= 0.3 is 0 Å². The van der Waals surface area contributed by atoms with Gasteiger partial charge in [0.15, 0.2) is 0 Å². The number of fused-ring (bicyclic) bond motifs is 3. The quantitative estimate of drug-likeness (QED) is 0.513. The maximum atomic E-state index is 13.8. The highest BCUT2D eigenvalue weighted by Crippen LogP contribution is 2.16. The highest BCUT2D eigenvalue weighted by Gasteiger charge is 2.14. The monoisotopic (exact) mass is 380 g/mol. The molecule has 0 aliphatic heterocycles. The average molecular weight is 380 g/mol. The number of Topliss-reactive ketones (excluding diaryl/α,β-unsaturated/α-hetero) is 1. The van der Waals surface area contributed by atoms with E-state index in [0.29, 0.717) is 28.0 Å². The fourth-order valence-corrected chi connectivity index (χ4v) is 3.18. The van der Waals surface area contributed by atoms with Gasteiger partial charge < -0.3 is 9.30 Å². The Morgan fingerprint density at radius 3 is 2.75 bits per heavy atom. The van der Waals surface area contributed by atoms with Crippen molar-refractivity contribution in [2.75, 3.05) is 7.11 Å². The summed E-state index contributed by atoms with van der Waals surface area (Å²) in [5.74, 6) is 0.0915. The van der Waals surface area contributed by atoms with E-state index in [-0.39, 0.29) is 30.7 Å². The molecular weight excluding hydrogens is 363 g/mol. The Bertz CT molecular complexity index is 1230. The van der Waals surface area contributed by atoms with Crippen LogP contribution >= 0.6 is 0 Å². The summed E-state index contributed by atoms with van der Waals surface area (Å²) in [5, 5.41) is 4.14. The molecular formula is C20H17FN4O3. The minimum absolute atomic E-state index is 0.0671. The smallest absolute Gasteiger partial charge is 0.277 e.